The SMILES string of the molecule is COCCOCC(O)CSc1nnnn1CC(OC)OC. The Morgan fingerprint density at radius 2 is 2.00 bits per heavy atom. The van der Waals surface area contributed by atoms with Crippen molar-refractivity contribution in [3.05, 3.63) is 0 Å². The number of ether oxygens (including phenoxy) is 4. The van der Waals surface area contributed by atoms with E-state index >= 15 is 0 Å². The van der Waals surface area contributed by atoms with Crippen molar-refractivity contribution < 1.29 is 24.1 Å². The maximum atomic E-state index is 9.80. The normalized spacial score (nSPS) is 13.0. The highest BCUT2D eigenvalue weighted by molar-refractivity contribution is 7.99. The molecular formula is C11H22N4O5S. The van der Waals surface area contributed by atoms with Crippen molar-refractivity contribution >= 4 is 11.8 Å². The van der Waals surface area contributed by atoms with Crippen LogP contribution in [0.15, 0.2) is 5.16 Å². The molecule has 122 valence electrons. The van der Waals surface area contributed by atoms with Crippen molar-refractivity contribution in [2.45, 2.75) is 24.1 Å². The van der Waals surface area contributed by atoms with Gasteiger partial charge in [0.15, 0.2) is 6.29 Å². The highest BCUT2D eigenvalue weighted by Crippen LogP contribution is 2.15. The van der Waals surface area contributed by atoms with E-state index in [2.05, 4.69) is 15.5 Å². The van der Waals surface area contributed by atoms with Gasteiger partial charge in [-0.25, -0.2) is 4.68 Å². The summed E-state index contributed by atoms with van der Waals surface area (Å²) < 4.78 is 21.9. The maximum absolute atomic E-state index is 9.80. The van der Waals surface area contributed by atoms with Crippen molar-refractivity contribution in [2.75, 3.05) is 46.9 Å². The van der Waals surface area contributed by atoms with Crippen LogP contribution in [0.1, 0.15) is 0 Å². The molecule has 0 radical (unpaired) electrons. The molecule has 0 amide bonds. The number of rotatable bonds is 12. The molecule has 0 saturated heterocycles. The Kier molecular flexibility index (Phi) is 9.46. The lowest BCUT2D eigenvalue weighted by atomic mass is 10.4. The molecule has 0 aliphatic carbocycles. The van der Waals surface area contributed by atoms with Crippen LogP contribution in [0.4, 0.5) is 0 Å². The fourth-order valence-electron chi connectivity index (χ4n) is 1.38. The third-order valence-corrected chi connectivity index (χ3v) is 3.60. The minimum Gasteiger partial charge on any atom is -0.390 e. The topological polar surface area (TPSA) is 101 Å². The largest absolute Gasteiger partial charge is 0.390 e. The van der Waals surface area contributed by atoms with Crippen LogP contribution in [0.25, 0.3) is 0 Å². The first-order valence-corrected chi connectivity index (χ1v) is 7.39. The smallest absolute Gasteiger partial charge is 0.209 e. The molecule has 9 nitrogen and oxygen atoms in total. The van der Waals surface area contributed by atoms with Gasteiger partial charge in [0.1, 0.15) is 0 Å². The first-order valence-electron chi connectivity index (χ1n) is 6.40. The standard InChI is InChI=1S/C11H22N4O5S/c1-17-4-5-20-7-9(16)8-21-11-12-13-14-15(11)6-10(18-2)19-3/h9-10,16H,4-8H2,1-3H3. The van der Waals surface area contributed by atoms with Gasteiger partial charge in [-0.2, -0.15) is 0 Å². The molecule has 1 unspecified atom stereocenters. The van der Waals surface area contributed by atoms with Crippen LogP contribution < -0.4 is 0 Å². The molecule has 1 aromatic heterocycles. The van der Waals surface area contributed by atoms with Crippen molar-refractivity contribution in [2.24, 2.45) is 0 Å². The van der Waals surface area contributed by atoms with Crippen molar-refractivity contribution in [1.29, 1.82) is 0 Å². The Bertz CT molecular complexity index is 377. The minimum absolute atomic E-state index is 0.247. The molecule has 0 saturated carbocycles. The van der Waals surface area contributed by atoms with E-state index in [-0.39, 0.29) is 6.61 Å². The Labute approximate surface area is 127 Å². The second-order valence-electron chi connectivity index (χ2n) is 4.08. The zero-order valence-corrected chi connectivity index (χ0v) is 13.3. The molecule has 0 aliphatic heterocycles. The van der Waals surface area contributed by atoms with E-state index in [4.69, 9.17) is 18.9 Å². The molecule has 1 heterocycles. The number of aromatic nitrogens is 4. The molecule has 1 rings (SSSR count). The molecule has 0 spiro atoms. The third-order valence-electron chi connectivity index (χ3n) is 2.49. The van der Waals surface area contributed by atoms with Crippen LogP contribution in [0.5, 0.6) is 0 Å². The average Bonchev–Trinajstić information content (AvgIpc) is 2.94. The van der Waals surface area contributed by atoms with Gasteiger partial charge in [-0.1, -0.05) is 11.8 Å². The van der Waals surface area contributed by atoms with Crippen LogP contribution in [-0.4, -0.2) is 84.6 Å². The molecule has 0 fully saturated rings. The quantitative estimate of drug-likeness (QED) is 0.307. The van der Waals surface area contributed by atoms with Crippen molar-refractivity contribution in [3.63, 3.8) is 0 Å². The van der Waals surface area contributed by atoms with E-state index in [1.165, 1.54) is 11.8 Å². The number of thioether (sulfide) groups is 1. The van der Waals surface area contributed by atoms with Crippen molar-refractivity contribution in [1.82, 2.24) is 20.2 Å². The van der Waals surface area contributed by atoms with Crippen molar-refractivity contribution in [3.8, 4) is 0 Å². The molecule has 1 N–H and O–H groups in total. The zero-order chi connectivity index (χ0) is 15.5. The van der Waals surface area contributed by atoms with E-state index in [9.17, 15) is 5.11 Å². The lowest BCUT2D eigenvalue weighted by molar-refractivity contribution is -0.113. The van der Waals surface area contributed by atoms with E-state index in [0.717, 1.165) is 0 Å². The van der Waals surface area contributed by atoms with Gasteiger partial charge in [0.2, 0.25) is 5.16 Å². The van der Waals surface area contributed by atoms with E-state index in [1.54, 1.807) is 26.0 Å². The fourth-order valence-corrected chi connectivity index (χ4v) is 2.17. The average molecular weight is 322 g/mol. The Balaban J connectivity index is 2.33. The van der Waals surface area contributed by atoms with Crippen LogP contribution in [-0.2, 0) is 25.5 Å². The zero-order valence-electron chi connectivity index (χ0n) is 12.5. The van der Waals surface area contributed by atoms with Crippen LogP contribution in [0.3, 0.4) is 0 Å². The highest BCUT2D eigenvalue weighted by atomic mass is 32.2. The van der Waals surface area contributed by atoms with Gasteiger partial charge in [-0.05, 0) is 10.4 Å². The molecule has 21 heavy (non-hydrogen) atoms. The lowest BCUT2D eigenvalue weighted by Gasteiger charge is -2.14. The van der Waals surface area contributed by atoms with Gasteiger partial charge in [-0.15, -0.1) is 5.10 Å². The monoisotopic (exact) mass is 322 g/mol. The molecular weight excluding hydrogens is 300 g/mol. The molecule has 0 aliphatic rings. The van der Waals surface area contributed by atoms with Crippen LogP contribution >= 0.6 is 11.8 Å². The maximum Gasteiger partial charge on any atom is 0.209 e. The minimum atomic E-state index is -0.599. The molecule has 1 atom stereocenters. The van der Waals surface area contributed by atoms with Gasteiger partial charge in [0.25, 0.3) is 0 Å². The van der Waals surface area contributed by atoms with Crippen LogP contribution in [0, 0.1) is 0 Å². The highest BCUT2D eigenvalue weighted by Gasteiger charge is 2.14. The van der Waals surface area contributed by atoms with Gasteiger partial charge < -0.3 is 24.1 Å². The number of nitrogens with zero attached hydrogens (tertiary/aromatic N) is 4. The number of aliphatic hydroxyl groups is 1. The first kappa shape index (κ1) is 18.3. The first-order chi connectivity index (χ1) is 10.2. The summed E-state index contributed by atoms with van der Waals surface area (Å²) in [7, 11) is 4.70. The summed E-state index contributed by atoms with van der Waals surface area (Å²) in [6.07, 6.45) is -1.02. The number of hydrogen-bond acceptors (Lipinski definition) is 9. The fraction of sp³-hybridized carbons (Fsp3) is 0.909. The van der Waals surface area contributed by atoms with E-state index in [0.29, 0.717) is 30.7 Å². The van der Waals surface area contributed by atoms with Gasteiger partial charge >= 0.3 is 0 Å². The Hall–Kier alpha value is -0.780. The number of methoxy groups -OCH3 is 3. The number of aliphatic hydroxyl groups excluding tert-OH is 1. The summed E-state index contributed by atoms with van der Waals surface area (Å²) in [6, 6.07) is 0. The molecule has 1 aromatic rings. The van der Waals surface area contributed by atoms with Gasteiger partial charge in [0, 0.05) is 27.1 Å². The van der Waals surface area contributed by atoms with Gasteiger partial charge in [-0.3, -0.25) is 0 Å². The van der Waals surface area contributed by atoms with E-state index in [1.807, 2.05) is 0 Å². The summed E-state index contributed by atoms with van der Waals surface area (Å²) in [6.45, 7) is 1.59. The summed E-state index contributed by atoms with van der Waals surface area (Å²) >= 11 is 1.34. The summed E-state index contributed by atoms with van der Waals surface area (Å²) in [5.74, 6) is 0.429. The predicted molar refractivity (Wildman–Crippen MR) is 75.0 cm³/mol. The number of tetrazole rings is 1. The third kappa shape index (κ3) is 7.16. The summed E-state index contributed by atoms with van der Waals surface area (Å²) in [5.41, 5.74) is 0. The van der Waals surface area contributed by atoms with Gasteiger partial charge in [0.05, 0.1) is 32.5 Å². The molecule has 0 aromatic carbocycles. The Morgan fingerprint density at radius 3 is 2.67 bits per heavy atom. The summed E-state index contributed by atoms with van der Waals surface area (Å²) in [4.78, 5) is 0. The van der Waals surface area contributed by atoms with E-state index < -0.39 is 12.4 Å². The Morgan fingerprint density at radius 1 is 1.24 bits per heavy atom. The molecule has 0 bridgehead atoms. The number of hydrogen-bond donors (Lipinski definition) is 1. The second kappa shape index (κ2) is 10.9. The summed E-state index contributed by atoms with van der Waals surface area (Å²) in [5, 5.41) is 21.8. The lowest BCUT2D eigenvalue weighted by Crippen LogP contribution is -2.23. The predicted octanol–water partition coefficient (Wildman–Crippen LogP) is -0.592. The molecule has 10 heteroatoms. The van der Waals surface area contributed by atoms with Crippen LogP contribution in [0.2, 0.25) is 0 Å². The second-order valence-corrected chi connectivity index (χ2v) is 5.06.